The summed E-state index contributed by atoms with van der Waals surface area (Å²) in [5, 5.41) is 6.65. The molecule has 2 N–H and O–H groups in total. The summed E-state index contributed by atoms with van der Waals surface area (Å²) in [7, 11) is 0. The lowest BCUT2D eigenvalue weighted by molar-refractivity contribution is 0.0945. The van der Waals surface area contributed by atoms with Gasteiger partial charge in [-0.25, -0.2) is 9.97 Å². The number of para-hydroxylation sites is 1. The van der Waals surface area contributed by atoms with Gasteiger partial charge < -0.3 is 10.6 Å². The molecule has 0 saturated heterocycles. The quantitative estimate of drug-likeness (QED) is 0.686. The number of benzene rings is 1. The van der Waals surface area contributed by atoms with Gasteiger partial charge in [-0.2, -0.15) is 0 Å². The van der Waals surface area contributed by atoms with Gasteiger partial charge in [0.25, 0.3) is 5.91 Å². The van der Waals surface area contributed by atoms with E-state index in [9.17, 15) is 4.79 Å². The highest BCUT2D eigenvalue weighted by atomic mass is 35.5. The zero-order valence-corrected chi connectivity index (χ0v) is 15.3. The third kappa shape index (κ3) is 4.47. The predicted molar refractivity (Wildman–Crippen MR) is 102 cm³/mol. The summed E-state index contributed by atoms with van der Waals surface area (Å²) >= 11 is 12.3. The molecule has 0 atom stereocenters. The maximum absolute atomic E-state index is 12.4. The number of aryl methyl sites for hydroxylation is 1. The molecule has 0 spiro atoms. The molecule has 0 aliphatic heterocycles. The Morgan fingerprint density at radius 2 is 1.88 bits per heavy atom. The van der Waals surface area contributed by atoms with E-state index in [1.165, 1.54) is 0 Å². The van der Waals surface area contributed by atoms with Gasteiger partial charge in [-0.15, -0.1) is 0 Å². The van der Waals surface area contributed by atoms with Crippen LogP contribution in [0.15, 0.2) is 48.8 Å². The lowest BCUT2D eigenvalue weighted by Gasteiger charge is -2.11. The number of carbonyl (C=O) groups is 1. The standard InChI is InChI=1S/C18H15Cl2N5O/c1-11-8-15(17(26)22-10-12-4-3-7-21-9-12)24-18(23-11)25-16-13(19)5-2-6-14(16)20/h2-9H,10H2,1H3,(H,22,26)(H,23,24,25). The average Bonchev–Trinajstić information content (AvgIpc) is 2.63. The second kappa shape index (κ2) is 8.12. The molecule has 8 heteroatoms. The Labute approximate surface area is 160 Å². The summed E-state index contributed by atoms with van der Waals surface area (Å²) in [6.45, 7) is 2.13. The molecule has 0 saturated carbocycles. The van der Waals surface area contributed by atoms with Crippen molar-refractivity contribution < 1.29 is 4.79 Å². The highest BCUT2D eigenvalue weighted by Gasteiger charge is 2.13. The van der Waals surface area contributed by atoms with Gasteiger partial charge in [0, 0.05) is 24.6 Å². The lowest BCUT2D eigenvalue weighted by Crippen LogP contribution is -2.24. The maximum atomic E-state index is 12.4. The number of nitrogens with one attached hydrogen (secondary N) is 2. The van der Waals surface area contributed by atoms with Gasteiger partial charge in [0.2, 0.25) is 5.95 Å². The van der Waals surface area contributed by atoms with Crippen LogP contribution in [0.25, 0.3) is 0 Å². The van der Waals surface area contributed by atoms with Crippen molar-refractivity contribution in [2.45, 2.75) is 13.5 Å². The summed E-state index contributed by atoms with van der Waals surface area (Å²) < 4.78 is 0. The Bertz CT molecular complexity index is 914. The summed E-state index contributed by atoms with van der Waals surface area (Å²) in [6.07, 6.45) is 3.37. The first kappa shape index (κ1) is 18.1. The molecule has 0 bridgehead atoms. The van der Waals surface area contributed by atoms with Crippen molar-refractivity contribution >= 4 is 40.7 Å². The van der Waals surface area contributed by atoms with Crippen LogP contribution < -0.4 is 10.6 Å². The minimum absolute atomic E-state index is 0.242. The molecule has 2 aromatic heterocycles. The van der Waals surface area contributed by atoms with Crippen LogP contribution in [0.2, 0.25) is 10.0 Å². The molecular weight excluding hydrogens is 373 g/mol. The molecule has 1 aromatic carbocycles. The van der Waals surface area contributed by atoms with Crippen LogP contribution in [-0.4, -0.2) is 20.9 Å². The molecule has 132 valence electrons. The van der Waals surface area contributed by atoms with Crippen molar-refractivity contribution in [2.24, 2.45) is 0 Å². The van der Waals surface area contributed by atoms with Crippen LogP contribution in [0.5, 0.6) is 0 Å². The number of anilines is 2. The number of nitrogens with zero attached hydrogens (tertiary/aromatic N) is 3. The summed E-state index contributed by atoms with van der Waals surface area (Å²) in [4.78, 5) is 25.0. The number of aromatic nitrogens is 3. The number of carbonyl (C=O) groups excluding carboxylic acids is 1. The molecule has 6 nitrogen and oxygen atoms in total. The van der Waals surface area contributed by atoms with Crippen LogP contribution in [-0.2, 0) is 6.54 Å². The van der Waals surface area contributed by atoms with Crippen molar-refractivity contribution in [1.82, 2.24) is 20.3 Å². The van der Waals surface area contributed by atoms with Gasteiger partial charge in [-0.3, -0.25) is 9.78 Å². The van der Waals surface area contributed by atoms with Crippen molar-refractivity contribution in [3.63, 3.8) is 0 Å². The van der Waals surface area contributed by atoms with Gasteiger partial charge in [0.1, 0.15) is 5.69 Å². The Kier molecular flexibility index (Phi) is 5.65. The second-order valence-corrected chi connectivity index (χ2v) is 6.30. The molecule has 1 amide bonds. The molecule has 0 aliphatic rings. The topological polar surface area (TPSA) is 79.8 Å². The highest BCUT2D eigenvalue weighted by molar-refractivity contribution is 6.39. The van der Waals surface area contributed by atoms with E-state index in [1.807, 2.05) is 12.1 Å². The molecule has 0 radical (unpaired) electrons. The van der Waals surface area contributed by atoms with E-state index in [4.69, 9.17) is 23.2 Å². The van der Waals surface area contributed by atoms with Crippen LogP contribution in [0.3, 0.4) is 0 Å². The fraction of sp³-hybridized carbons (Fsp3) is 0.111. The highest BCUT2D eigenvalue weighted by Crippen LogP contribution is 2.31. The number of pyridine rings is 1. The van der Waals surface area contributed by atoms with Crippen LogP contribution in [0.4, 0.5) is 11.6 Å². The third-order valence-corrected chi connectivity index (χ3v) is 4.09. The number of hydrogen-bond donors (Lipinski definition) is 2. The minimum Gasteiger partial charge on any atom is -0.347 e. The van der Waals surface area contributed by atoms with Gasteiger partial charge >= 0.3 is 0 Å². The van der Waals surface area contributed by atoms with E-state index < -0.39 is 0 Å². The zero-order chi connectivity index (χ0) is 18.5. The average molecular weight is 388 g/mol. The van der Waals surface area contributed by atoms with Crippen LogP contribution in [0, 0.1) is 6.92 Å². The van der Waals surface area contributed by atoms with E-state index in [0.717, 1.165) is 5.56 Å². The van der Waals surface area contributed by atoms with E-state index in [1.54, 1.807) is 43.6 Å². The smallest absolute Gasteiger partial charge is 0.270 e. The normalized spacial score (nSPS) is 10.4. The van der Waals surface area contributed by atoms with E-state index >= 15 is 0 Å². The monoisotopic (exact) mass is 387 g/mol. The Balaban J connectivity index is 1.78. The molecule has 0 fully saturated rings. The summed E-state index contributed by atoms with van der Waals surface area (Å²) in [5.41, 5.74) is 2.26. The number of rotatable bonds is 5. The zero-order valence-electron chi connectivity index (χ0n) is 13.8. The van der Waals surface area contributed by atoms with Gasteiger partial charge in [0.15, 0.2) is 0 Å². The van der Waals surface area contributed by atoms with Gasteiger partial charge in [0.05, 0.1) is 15.7 Å². The molecular formula is C18H15Cl2N5O. The van der Waals surface area contributed by atoms with E-state index in [0.29, 0.717) is 28.0 Å². The van der Waals surface area contributed by atoms with Crippen molar-refractivity contribution in [1.29, 1.82) is 0 Å². The molecule has 2 heterocycles. The summed E-state index contributed by atoms with van der Waals surface area (Å²) in [6, 6.07) is 10.4. The Morgan fingerprint density at radius 3 is 2.58 bits per heavy atom. The largest absolute Gasteiger partial charge is 0.347 e. The molecule has 0 unspecified atom stereocenters. The Morgan fingerprint density at radius 1 is 1.12 bits per heavy atom. The first-order valence-corrected chi connectivity index (χ1v) is 8.52. The van der Waals surface area contributed by atoms with Crippen LogP contribution in [0.1, 0.15) is 21.7 Å². The SMILES string of the molecule is Cc1cc(C(=O)NCc2cccnc2)nc(Nc2c(Cl)cccc2Cl)n1. The molecule has 3 aromatic rings. The van der Waals surface area contributed by atoms with Crippen molar-refractivity contribution in [2.75, 3.05) is 5.32 Å². The van der Waals surface area contributed by atoms with Crippen molar-refractivity contribution in [3.8, 4) is 0 Å². The first-order chi connectivity index (χ1) is 12.5. The molecule has 3 rings (SSSR count). The number of amides is 1. The first-order valence-electron chi connectivity index (χ1n) is 7.77. The fourth-order valence-corrected chi connectivity index (χ4v) is 2.74. The predicted octanol–water partition coefficient (Wildman–Crippen LogP) is 4.16. The van der Waals surface area contributed by atoms with E-state index in [2.05, 4.69) is 25.6 Å². The van der Waals surface area contributed by atoms with Gasteiger partial charge in [-0.1, -0.05) is 35.3 Å². The number of halogens is 2. The summed E-state index contributed by atoms with van der Waals surface area (Å²) in [5.74, 6) is -0.0702. The van der Waals surface area contributed by atoms with Crippen LogP contribution >= 0.6 is 23.2 Å². The number of hydrogen-bond acceptors (Lipinski definition) is 5. The van der Waals surface area contributed by atoms with Gasteiger partial charge in [-0.05, 0) is 36.8 Å². The third-order valence-electron chi connectivity index (χ3n) is 3.46. The molecule has 26 heavy (non-hydrogen) atoms. The minimum atomic E-state index is -0.312. The van der Waals surface area contributed by atoms with E-state index in [-0.39, 0.29) is 17.5 Å². The second-order valence-electron chi connectivity index (χ2n) is 5.48. The maximum Gasteiger partial charge on any atom is 0.270 e. The Hall–Kier alpha value is -2.70. The molecule has 0 aliphatic carbocycles. The fourth-order valence-electron chi connectivity index (χ4n) is 2.25. The van der Waals surface area contributed by atoms with Crippen molar-refractivity contribution in [3.05, 3.63) is 75.8 Å². The lowest BCUT2D eigenvalue weighted by atomic mass is 10.2.